The van der Waals surface area contributed by atoms with Gasteiger partial charge in [0.15, 0.2) is 0 Å². The first kappa shape index (κ1) is 28.3. The van der Waals surface area contributed by atoms with Gasteiger partial charge in [-0.05, 0) is 48.0 Å². The van der Waals surface area contributed by atoms with Gasteiger partial charge in [0.2, 0.25) is 23.7 Å². The van der Waals surface area contributed by atoms with Crippen molar-refractivity contribution in [2.45, 2.75) is 19.3 Å². The third-order valence-corrected chi connectivity index (χ3v) is 5.47. The number of pyridine rings is 1. The minimum absolute atomic E-state index is 0.0297. The van der Waals surface area contributed by atoms with Gasteiger partial charge in [0.25, 0.3) is 0 Å². The molecule has 0 saturated carbocycles. The van der Waals surface area contributed by atoms with Crippen molar-refractivity contribution >= 4 is 29.1 Å². The Balaban J connectivity index is 1.62. The van der Waals surface area contributed by atoms with Crippen molar-refractivity contribution < 1.29 is 27.1 Å². The van der Waals surface area contributed by atoms with Crippen LogP contribution in [0.2, 0.25) is 5.02 Å². The molecule has 0 saturated heterocycles. The zero-order valence-corrected chi connectivity index (χ0v) is 21.0. The third kappa shape index (κ3) is 7.66. The first-order chi connectivity index (χ1) is 19.0. The lowest BCUT2D eigenvalue weighted by Crippen LogP contribution is -2.46. The van der Waals surface area contributed by atoms with Gasteiger partial charge in [-0.2, -0.15) is 27.5 Å². The van der Waals surface area contributed by atoms with Crippen molar-refractivity contribution in [3.63, 3.8) is 0 Å². The van der Waals surface area contributed by atoms with E-state index in [2.05, 4.69) is 15.3 Å². The number of carbonyl (C=O) groups is 1. The van der Waals surface area contributed by atoms with Crippen molar-refractivity contribution in [2.24, 2.45) is 0 Å². The lowest BCUT2D eigenvalue weighted by molar-refractivity contribution is -0.138. The zero-order valence-electron chi connectivity index (χ0n) is 20.3. The summed E-state index contributed by atoms with van der Waals surface area (Å²) in [6, 6.07) is 16.6. The average Bonchev–Trinajstić information content (AvgIpc) is 2.89. The Kier molecular flexibility index (Phi) is 8.48. The maximum Gasteiger partial charge on any atom is 0.405 e. The molecule has 10 nitrogen and oxygen atoms in total. The van der Waals surface area contributed by atoms with Crippen LogP contribution in [-0.4, -0.2) is 37.7 Å². The summed E-state index contributed by atoms with van der Waals surface area (Å²) in [7, 11) is 0. The number of amides is 1. The van der Waals surface area contributed by atoms with Crippen LogP contribution in [0.1, 0.15) is 5.56 Å². The van der Waals surface area contributed by atoms with Crippen LogP contribution in [-0.2, 0) is 17.9 Å². The van der Waals surface area contributed by atoms with Crippen LogP contribution >= 0.6 is 11.6 Å². The van der Waals surface area contributed by atoms with Gasteiger partial charge in [0.1, 0.15) is 18.8 Å². The molecular weight excluding hydrogens is 560 g/mol. The normalized spacial score (nSPS) is 11.2. The number of aromatic nitrogens is 4. The van der Waals surface area contributed by atoms with Crippen LogP contribution in [0.5, 0.6) is 11.6 Å². The summed E-state index contributed by atoms with van der Waals surface area (Å²) in [4.78, 5) is 45.4. The molecule has 0 bridgehead atoms. The minimum Gasteiger partial charge on any atom is -0.439 e. The summed E-state index contributed by atoms with van der Waals surface area (Å²) < 4.78 is 57.6. The Morgan fingerprint density at radius 1 is 0.950 bits per heavy atom. The number of carbonyl (C=O) groups excluding carboxylic acids is 1. The molecule has 2 heterocycles. The number of anilines is 2. The second-order valence-electron chi connectivity index (χ2n) is 8.24. The topological polar surface area (TPSA) is 120 Å². The molecule has 0 atom stereocenters. The molecule has 0 aliphatic rings. The Hall–Kier alpha value is -4.72. The monoisotopic (exact) mass is 578 g/mol. The van der Waals surface area contributed by atoms with E-state index in [0.717, 1.165) is 4.57 Å². The van der Waals surface area contributed by atoms with Crippen molar-refractivity contribution in [1.82, 2.24) is 24.4 Å². The Labute approximate surface area is 227 Å². The molecule has 208 valence electrons. The molecule has 0 aliphatic heterocycles. The van der Waals surface area contributed by atoms with Gasteiger partial charge in [-0.15, -0.1) is 0 Å². The van der Waals surface area contributed by atoms with Crippen molar-refractivity contribution in [1.29, 1.82) is 0 Å². The number of halogens is 5. The molecule has 2 aromatic carbocycles. The molecule has 2 aromatic heterocycles. The van der Waals surface area contributed by atoms with Gasteiger partial charge in [0.05, 0.1) is 6.54 Å². The maximum atomic E-state index is 13.3. The number of nitrogens with one attached hydrogen (secondary N) is 2. The van der Waals surface area contributed by atoms with E-state index in [0.29, 0.717) is 26.6 Å². The first-order valence-corrected chi connectivity index (χ1v) is 11.8. The fraction of sp³-hybridized carbons (Fsp3) is 0.160. The number of ether oxygens (including phenoxy) is 1. The van der Waals surface area contributed by atoms with Crippen molar-refractivity contribution in [2.75, 3.05) is 11.9 Å². The molecule has 0 unspecified atom stereocenters. The number of hydrogen-bond acceptors (Lipinski definition) is 7. The van der Waals surface area contributed by atoms with Crippen LogP contribution in [0.3, 0.4) is 0 Å². The number of alkyl halides is 3. The maximum absolute atomic E-state index is 13.3. The zero-order chi connectivity index (χ0) is 28.9. The summed E-state index contributed by atoms with van der Waals surface area (Å²) in [6.07, 6.45) is -4.67. The van der Waals surface area contributed by atoms with E-state index >= 15 is 0 Å². The molecule has 1 amide bonds. The number of benzene rings is 2. The van der Waals surface area contributed by atoms with Gasteiger partial charge < -0.3 is 15.4 Å². The second-order valence-corrected chi connectivity index (χ2v) is 8.68. The molecule has 4 rings (SSSR count). The van der Waals surface area contributed by atoms with Gasteiger partial charge in [-0.3, -0.25) is 9.36 Å². The molecule has 0 fully saturated rings. The largest absolute Gasteiger partial charge is 0.439 e. The van der Waals surface area contributed by atoms with E-state index < -0.39 is 42.5 Å². The average molecular weight is 579 g/mol. The van der Waals surface area contributed by atoms with E-state index in [4.69, 9.17) is 16.3 Å². The molecule has 0 spiro atoms. The van der Waals surface area contributed by atoms with E-state index in [-0.39, 0.29) is 18.4 Å². The highest BCUT2D eigenvalue weighted by Crippen LogP contribution is 2.23. The minimum atomic E-state index is -4.67. The lowest BCUT2D eigenvalue weighted by atomic mass is 10.2. The summed E-state index contributed by atoms with van der Waals surface area (Å²) in [5.41, 5.74) is -1.19. The number of hydrogen-bond donors (Lipinski definition) is 2. The van der Waals surface area contributed by atoms with Gasteiger partial charge in [-0.1, -0.05) is 29.8 Å². The Morgan fingerprint density at radius 3 is 2.30 bits per heavy atom. The molecular formula is C25H19ClF4N6O4. The van der Waals surface area contributed by atoms with E-state index in [1.165, 1.54) is 42.5 Å². The molecule has 15 heteroatoms. The summed E-state index contributed by atoms with van der Waals surface area (Å²) >= 11 is 5.93. The number of nitrogens with zero attached hydrogens (tertiary/aromatic N) is 4. The van der Waals surface area contributed by atoms with Crippen LogP contribution in [0.25, 0.3) is 0 Å². The summed E-state index contributed by atoms with van der Waals surface area (Å²) in [6.45, 7) is -2.72. The van der Waals surface area contributed by atoms with Gasteiger partial charge >= 0.3 is 17.6 Å². The van der Waals surface area contributed by atoms with E-state index in [1.54, 1.807) is 29.6 Å². The van der Waals surface area contributed by atoms with Crippen molar-refractivity contribution in [3.8, 4) is 11.6 Å². The SMILES string of the molecule is O=C(Cn1c(=O)nc(Nc2ccc(Oc3cccc(F)n3)cc2)n(Cc2ccc(Cl)cc2)c1=O)NCC(F)(F)F. The third-order valence-electron chi connectivity index (χ3n) is 5.21. The van der Waals surface area contributed by atoms with E-state index in [9.17, 15) is 31.9 Å². The van der Waals surface area contributed by atoms with Crippen LogP contribution in [0.4, 0.5) is 29.2 Å². The highest BCUT2D eigenvalue weighted by atomic mass is 35.5. The smallest absolute Gasteiger partial charge is 0.405 e. The molecule has 0 radical (unpaired) electrons. The van der Waals surface area contributed by atoms with Gasteiger partial charge in [0, 0.05) is 16.8 Å². The van der Waals surface area contributed by atoms with Crippen LogP contribution in [0.15, 0.2) is 76.3 Å². The lowest BCUT2D eigenvalue weighted by Gasteiger charge is -2.16. The molecule has 40 heavy (non-hydrogen) atoms. The highest BCUT2D eigenvalue weighted by molar-refractivity contribution is 6.30. The second kappa shape index (κ2) is 12.0. The molecule has 4 aromatic rings. The Morgan fingerprint density at radius 2 is 1.65 bits per heavy atom. The quantitative estimate of drug-likeness (QED) is 0.229. The predicted molar refractivity (Wildman–Crippen MR) is 136 cm³/mol. The number of rotatable bonds is 9. The molecule has 2 N–H and O–H groups in total. The van der Waals surface area contributed by atoms with E-state index in [1.807, 2.05) is 0 Å². The van der Waals surface area contributed by atoms with Crippen LogP contribution in [0, 0.1) is 5.95 Å². The fourth-order valence-electron chi connectivity index (χ4n) is 3.38. The van der Waals surface area contributed by atoms with Gasteiger partial charge in [-0.25, -0.2) is 14.2 Å². The predicted octanol–water partition coefficient (Wildman–Crippen LogP) is 3.86. The summed E-state index contributed by atoms with van der Waals surface area (Å²) in [5, 5.41) is 4.90. The standard InChI is InChI=1S/C25H19ClF4N6O4/c26-16-6-4-15(5-7-16)12-35-22(34-23(38)36(24(35)39)13-20(37)31-14-25(28,29)30)32-17-8-10-18(11-9-17)40-21-3-1-2-19(27)33-21/h1-11H,12-14H2,(H,31,37)(H,32,34,38). The Bertz CT molecular complexity index is 1620. The highest BCUT2D eigenvalue weighted by Gasteiger charge is 2.28. The molecule has 0 aliphatic carbocycles. The van der Waals surface area contributed by atoms with Crippen molar-refractivity contribution in [3.05, 3.63) is 104 Å². The van der Waals surface area contributed by atoms with Crippen LogP contribution < -0.4 is 26.7 Å². The fourth-order valence-corrected chi connectivity index (χ4v) is 3.50. The summed E-state index contributed by atoms with van der Waals surface area (Å²) in [5.74, 6) is -1.76. The first-order valence-electron chi connectivity index (χ1n) is 11.4.